The molecule has 2 heteroatoms. The number of nitrogens with zero attached hydrogens (tertiary/aromatic N) is 1. The van der Waals surface area contributed by atoms with E-state index in [9.17, 15) is 0 Å². The first-order chi connectivity index (χ1) is 8.28. The Bertz CT molecular complexity index is 266. The fraction of sp³-hybridized carbons (Fsp3) is 1.00. The van der Waals surface area contributed by atoms with E-state index in [1.54, 1.807) is 6.42 Å². The van der Waals surface area contributed by atoms with Crippen LogP contribution >= 0.6 is 0 Å². The van der Waals surface area contributed by atoms with Gasteiger partial charge in [0, 0.05) is 18.6 Å². The second-order valence-electron chi connectivity index (χ2n) is 6.77. The van der Waals surface area contributed by atoms with Crippen LogP contribution in [0, 0.1) is 17.8 Å². The first kappa shape index (κ1) is 12.0. The van der Waals surface area contributed by atoms with E-state index in [0.29, 0.717) is 0 Å². The van der Waals surface area contributed by atoms with Crippen LogP contribution in [0.15, 0.2) is 0 Å². The van der Waals surface area contributed by atoms with Gasteiger partial charge in [-0.2, -0.15) is 0 Å². The van der Waals surface area contributed by atoms with Crippen LogP contribution < -0.4 is 5.32 Å². The maximum atomic E-state index is 3.51. The third kappa shape index (κ3) is 2.26. The van der Waals surface area contributed by atoms with Gasteiger partial charge in [-0.3, -0.25) is 0 Å². The van der Waals surface area contributed by atoms with Gasteiger partial charge < -0.3 is 10.2 Å². The minimum absolute atomic E-state index is 0.749. The number of nitrogens with one attached hydrogen (secondary N) is 1. The van der Waals surface area contributed by atoms with Crippen molar-refractivity contribution in [1.29, 1.82) is 0 Å². The highest BCUT2D eigenvalue weighted by Gasteiger charge is 2.41. The second-order valence-corrected chi connectivity index (χ2v) is 6.77. The quantitative estimate of drug-likeness (QED) is 0.807. The van der Waals surface area contributed by atoms with Crippen LogP contribution in [-0.4, -0.2) is 37.6 Å². The first-order valence-electron chi connectivity index (χ1n) is 7.65. The largest absolute Gasteiger partial charge is 0.315 e. The summed E-state index contributed by atoms with van der Waals surface area (Å²) in [4.78, 5) is 2.68. The topological polar surface area (TPSA) is 15.3 Å². The molecular formula is C15H28N2. The average Bonchev–Trinajstić information content (AvgIpc) is 3.04. The Kier molecular flexibility index (Phi) is 3.45. The molecule has 5 unspecified atom stereocenters. The number of hydrogen-bond donors (Lipinski definition) is 1. The molecule has 3 saturated carbocycles. The Morgan fingerprint density at radius 1 is 1.12 bits per heavy atom. The third-order valence-electron chi connectivity index (χ3n) is 5.82. The van der Waals surface area contributed by atoms with E-state index in [4.69, 9.17) is 0 Å². The summed E-state index contributed by atoms with van der Waals surface area (Å²) in [6, 6.07) is 1.55. The predicted octanol–water partition coefficient (Wildman–Crippen LogP) is 2.49. The van der Waals surface area contributed by atoms with Gasteiger partial charge in [-0.05, 0) is 64.0 Å². The molecule has 2 bridgehead atoms. The van der Waals surface area contributed by atoms with Crippen molar-refractivity contribution in [2.75, 3.05) is 20.6 Å². The fourth-order valence-electron chi connectivity index (χ4n) is 4.91. The van der Waals surface area contributed by atoms with Crippen molar-refractivity contribution in [1.82, 2.24) is 10.2 Å². The highest BCUT2D eigenvalue weighted by atomic mass is 15.2. The van der Waals surface area contributed by atoms with Crippen LogP contribution in [0.5, 0.6) is 0 Å². The van der Waals surface area contributed by atoms with Gasteiger partial charge >= 0.3 is 0 Å². The van der Waals surface area contributed by atoms with E-state index in [0.717, 1.165) is 29.8 Å². The maximum absolute atomic E-state index is 3.51. The summed E-state index contributed by atoms with van der Waals surface area (Å²) in [5.41, 5.74) is 0. The molecule has 98 valence electrons. The van der Waals surface area contributed by atoms with Crippen molar-refractivity contribution < 1.29 is 0 Å². The molecule has 2 nitrogen and oxygen atoms in total. The summed E-state index contributed by atoms with van der Waals surface area (Å²) in [6.45, 7) is 1.37. The highest BCUT2D eigenvalue weighted by molar-refractivity contribution is 4.94. The van der Waals surface area contributed by atoms with Crippen molar-refractivity contribution in [2.24, 2.45) is 17.8 Å². The molecule has 1 N–H and O–H groups in total. The van der Waals surface area contributed by atoms with Crippen molar-refractivity contribution >= 4 is 0 Å². The standard InChI is InChI=1S/C15H28N2/c1-16-14-4-3-5-15(14)17(2)10-13-9-11-6-7-12(13)8-11/h11-16H,3-10H2,1-2H3. The van der Waals surface area contributed by atoms with Crippen LogP contribution in [0.2, 0.25) is 0 Å². The molecule has 3 rings (SSSR count). The lowest BCUT2D eigenvalue weighted by atomic mass is 9.88. The molecule has 0 aromatic rings. The summed E-state index contributed by atoms with van der Waals surface area (Å²) in [5.74, 6) is 3.20. The molecule has 0 heterocycles. The van der Waals surface area contributed by atoms with Crippen LogP contribution in [-0.2, 0) is 0 Å². The van der Waals surface area contributed by atoms with Crippen LogP contribution in [0.3, 0.4) is 0 Å². The van der Waals surface area contributed by atoms with Crippen molar-refractivity contribution in [3.63, 3.8) is 0 Å². The summed E-state index contributed by atoms with van der Waals surface area (Å²) in [5, 5.41) is 3.51. The predicted molar refractivity (Wildman–Crippen MR) is 72.1 cm³/mol. The second kappa shape index (κ2) is 4.89. The van der Waals surface area contributed by atoms with E-state index in [1.165, 1.54) is 45.1 Å². The van der Waals surface area contributed by atoms with E-state index in [-0.39, 0.29) is 0 Å². The lowest BCUT2D eigenvalue weighted by molar-refractivity contribution is 0.158. The Labute approximate surface area is 106 Å². The molecule has 17 heavy (non-hydrogen) atoms. The normalized spacial score (nSPS) is 45.0. The zero-order chi connectivity index (χ0) is 11.8. The van der Waals surface area contributed by atoms with E-state index >= 15 is 0 Å². The van der Waals surface area contributed by atoms with E-state index < -0.39 is 0 Å². The molecule has 3 aliphatic carbocycles. The van der Waals surface area contributed by atoms with Gasteiger partial charge in [0.05, 0.1) is 0 Å². The summed E-state index contributed by atoms with van der Waals surface area (Å²) in [6.07, 6.45) is 10.4. The van der Waals surface area contributed by atoms with Gasteiger partial charge in [0.2, 0.25) is 0 Å². The molecule has 0 aromatic heterocycles. The first-order valence-corrected chi connectivity index (χ1v) is 7.65. The molecule has 3 fully saturated rings. The van der Waals surface area contributed by atoms with Gasteiger partial charge in [0.1, 0.15) is 0 Å². The molecule has 0 aromatic carbocycles. The number of likely N-dealkylation sites (N-methyl/N-ethyl adjacent to an activating group) is 2. The minimum Gasteiger partial charge on any atom is -0.315 e. The van der Waals surface area contributed by atoms with Gasteiger partial charge in [-0.25, -0.2) is 0 Å². The molecular weight excluding hydrogens is 208 g/mol. The molecule has 0 radical (unpaired) electrons. The average molecular weight is 236 g/mol. The van der Waals surface area contributed by atoms with E-state index in [2.05, 4.69) is 24.3 Å². The SMILES string of the molecule is CNC1CCCC1N(C)CC1CC2CCC1C2. The minimum atomic E-state index is 0.749. The summed E-state index contributed by atoms with van der Waals surface area (Å²) in [7, 11) is 4.50. The van der Waals surface area contributed by atoms with Crippen LogP contribution in [0.25, 0.3) is 0 Å². The van der Waals surface area contributed by atoms with Gasteiger partial charge in [-0.1, -0.05) is 12.8 Å². The zero-order valence-electron chi connectivity index (χ0n) is 11.5. The highest BCUT2D eigenvalue weighted by Crippen LogP contribution is 2.48. The molecule has 3 aliphatic rings. The smallest absolute Gasteiger partial charge is 0.0246 e. The maximum Gasteiger partial charge on any atom is 0.0246 e. The Hall–Kier alpha value is -0.0800. The van der Waals surface area contributed by atoms with E-state index in [1.807, 2.05) is 0 Å². The van der Waals surface area contributed by atoms with Crippen molar-refractivity contribution in [2.45, 2.75) is 57.0 Å². The molecule has 0 spiro atoms. The third-order valence-corrected chi connectivity index (χ3v) is 5.82. The lowest BCUT2D eigenvalue weighted by Gasteiger charge is -2.34. The van der Waals surface area contributed by atoms with Crippen LogP contribution in [0.4, 0.5) is 0 Å². The summed E-state index contributed by atoms with van der Waals surface area (Å²) < 4.78 is 0. The Morgan fingerprint density at radius 2 is 2.00 bits per heavy atom. The van der Waals surface area contributed by atoms with Gasteiger partial charge in [0.15, 0.2) is 0 Å². The van der Waals surface area contributed by atoms with Gasteiger partial charge in [0.25, 0.3) is 0 Å². The molecule has 0 amide bonds. The monoisotopic (exact) mass is 236 g/mol. The fourth-order valence-corrected chi connectivity index (χ4v) is 4.91. The summed E-state index contributed by atoms with van der Waals surface area (Å²) >= 11 is 0. The Morgan fingerprint density at radius 3 is 2.65 bits per heavy atom. The van der Waals surface area contributed by atoms with Crippen molar-refractivity contribution in [3.05, 3.63) is 0 Å². The molecule has 0 aliphatic heterocycles. The van der Waals surface area contributed by atoms with Crippen molar-refractivity contribution in [3.8, 4) is 0 Å². The van der Waals surface area contributed by atoms with Gasteiger partial charge in [-0.15, -0.1) is 0 Å². The number of fused-ring (bicyclic) bond motifs is 2. The number of hydrogen-bond acceptors (Lipinski definition) is 2. The van der Waals surface area contributed by atoms with Crippen LogP contribution in [0.1, 0.15) is 44.9 Å². The zero-order valence-corrected chi connectivity index (χ0v) is 11.5. The number of rotatable bonds is 4. The Balaban J connectivity index is 1.54. The molecule has 5 atom stereocenters. The lowest BCUT2D eigenvalue weighted by Crippen LogP contribution is -2.46. The molecule has 0 saturated heterocycles.